The summed E-state index contributed by atoms with van der Waals surface area (Å²) in [4.78, 5) is 4.16. The van der Waals surface area contributed by atoms with E-state index in [1.807, 2.05) is 6.92 Å². The van der Waals surface area contributed by atoms with Gasteiger partial charge in [-0.15, -0.1) is 0 Å². The molecule has 16 heavy (non-hydrogen) atoms. The van der Waals surface area contributed by atoms with Crippen LogP contribution in [0, 0.1) is 5.82 Å². The minimum absolute atomic E-state index is 0.0931. The summed E-state index contributed by atoms with van der Waals surface area (Å²) in [6.07, 6.45) is 0.577. The molecule has 0 unspecified atom stereocenters. The molecular weight excluding hydrogens is 209 g/mol. The molecule has 0 aliphatic carbocycles. The molecule has 0 saturated heterocycles. The lowest BCUT2D eigenvalue weighted by Crippen LogP contribution is -2.34. The van der Waals surface area contributed by atoms with Crippen molar-refractivity contribution >= 4 is 11.7 Å². The highest BCUT2D eigenvalue weighted by atomic mass is 19.1. The highest BCUT2D eigenvalue weighted by molar-refractivity contribution is 5.72. The number of nitrogens with two attached hydrogens (primary N) is 2. The van der Waals surface area contributed by atoms with E-state index in [2.05, 4.69) is 4.99 Å². The number of aliphatic imine (C=N–C) groups is 1. The van der Waals surface area contributed by atoms with Gasteiger partial charge >= 0.3 is 0 Å². The van der Waals surface area contributed by atoms with Gasteiger partial charge in [-0.25, -0.2) is 9.38 Å². The zero-order chi connectivity index (χ0) is 11.8. The number of nitrogens with zero attached hydrogens (tertiary/aromatic N) is 1. The Morgan fingerprint density at radius 2 is 2.19 bits per heavy atom. The van der Waals surface area contributed by atoms with Crippen molar-refractivity contribution < 1.29 is 9.13 Å². The summed E-state index contributed by atoms with van der Waals surface area (Å²) in [6, 6.07) is 4.55. The molecule has 0 bridgehead atoms. The standard InChI is InChI=1S/C11H14FN3O/c1-11(4-5-16-10(14)15-11)8-6-7(13)2-3-9(8)12/h2-3,6H,4-5,13H2,1H3,(H2,14,15)/t11-/m0/s1. The Kier molecular flexibility index (Phi) is 2.46. The number of ether oxygens (including phenoxy) is 1. The molecule has 0 saturated carbocycles. The molecule has 2 rings (SSSR count). The first-order valence-corrected chi connectivity index (χ1v) is 5.05. The molecule has 0 fully saturated rings. The van der Waals surface area contributed by atoms with Crippen LogP contribution in [0.1, 0.15) is 18.9 Å². The first-order valence-electron chi connectivity index (χ1n) is 5.05. The van der Waals surface area contributed by atoms with Crippen molar-refractivity contribution in [1.29, 1.82) is 0 Å². The van der Waals surface area contributed by atoms with Crippen LogP contribution in [-0.4, -0.2) is 12.6 Å². The van der Waals surface area contributed by atoms with E-state index in [0.717, 1.165) is 0 Å². The van der Waals surface area contributed by atoms with E-state index in [-0.39, 0.29) is 11.8 Å². The summed E-state index contributed by atoms with van der Waals surface area (Å²) in [6.45, 7) is 2.25. The summed E-state index contributed by atoms with van der Waals surface area (Å²) in [5.41, 5.74) is 11.4. The molecule has 0 aromatic heterocycles. The van der Waals surface area contributed by atoms with Gasteiger partial charge in [-0.05, 0) is 25.1 Å². The number of rotatable bonds is 1. The minimum atomic E-state index is -0.693. The van der Waals surface area contributed by atoms with Crippen molar-refractivity contribution in [3.05, 3.63) is 29.6 Å². The normalized spacial score (nSPS) is 24.8. The second kappa shape index (κ2) is 3.66. The summed E-state index contributed by atoms with van der Waals surface area (Å²) < 4.78 is 18.8. The highest BCUT2D eigenvalue weighted by Gasteiger charge is 2.32. The van der Waals surface area contributed by atoms with Crippen molar-refractivity contribution in [1.82, 2.24) is 0 Å². The second-order valence-electron chi connectivity index (χ2n) is 4.06. The number of halogens is 1. The van der Waals surface area contributed by atoms with Gasteiger partial charge in [-0.2, -0.15) is 0 Å². The number of anilines is 1. The third-order valence-electron chi connectivity index (χ3n) is 2.77. The van der Waals surface area contributed by atoms with Gasteiger partial charge in [0.1, 0.15) is 5.82 Å². The van der Waals surface area contributed by atoms with Crippen molar-refractivity contribution in [3.8, 4) is 0 Å². The van der Waals surface area contributed by atoms with Gasteiger partial charge in [0.25, 0.3) is 6.02 Å². The molecular formula is C11H14FN3O. The Bertz CT molecular complexity index is 447. The SMILES string of the molecule is C[C@@]1(c2cc(N)ccc2F)CCOC(N)=N1. The van der Waals surface area contributed by atoms with E-state index in [4.69, 9.17) is 16.2 Å². The topological polar surface area (TPSA) is 73.6 Å². The Labute approximate surface area is 93.1 Å². The molecule has 0 radical (unpaired) electrons. The second-order valence-corrected chi connectivity index (χ2v) is 4.06. The van der Waals surface area contributed by atoms with Crippen LogP contribution >= 0.6 is 0 Å². The fourth-order valence-corrected chi connectivity index (χ4v) is 1.84. The molecule has 0 amide bonds. The van der Waals surface area contributed by atoms with E-state index in [1.165, 1.54) is 12.1 Å². The summed E-state index contributed by atoms with van der Waals surface area (Å²) in [5.74, 6) is -0.324. The number of hydrogen-bond acceptors (Lipinski definition) is 4. The lowest BCUT2D eigenvalue weighted by Gasteiger charge is -2.30. The Morgan fingerprint density at radius 1 is 1.44 bits per heavy atom. The van der Waals surface area contributed by atoms with Crippen molar-refractivity contribution in [2.24, 2.45) is 10.7 Å². The molecule has 86 valence electrons. The number of amidine groups is 1. The van der Waals surface area contributed by atoms with Gasteiger partial charge < -0.3 is 16.2 Å². The summed E-state index contributed by atoms with van der Waals surface area (Å²) in [5, 5.41) is 0. The molecule has 1 aromatic carbocycles. The highest BCUT2D eigenvalue weighted by Crippen LogP contribution is 2.34. The fraction of sp³-hybridized carbons (Fsp3) is 0.364. The zero-order valence-electron chi connectivity index (χ0n) is 9.03. The van der Waals surface area contributed by atoms with Crippen molar-refractivity contribution in [3.63, 3.8) is 0 Å². The molecule has 1 aromatic rings. The van der Waals surface area contributed by atoms with E-state index < -0.39 is 5.54 Å². The van der Waals surface area contributed by atoms with E-state index in [1.54, 1.807) is 6.07 Å². The maximum atomic E-state index is 13.7. The predicted molar refractivity (Wildman–Crippen MR) is 60.4 cm³/mol. The van der Waals surface area contributed by atoms with E-state index in [0.29, 0.717) is 24.3 Å². The Balaban J connectivity index is 2.50. The van der Waals surface area contributed by atoms with Gasteiger partial charge in [0.2, 0.25) is 0 Å². The molecule has 1 aliphatic heterocycles. The van der Waals surface area contributed by atoms with Gasteiger partial charge in [-0.1, -0.05) is 0 Å². The van der Waals surface area contributed by atoms with Gasteiger partial charge in [0, 0.05) is 17.7 Å². The largest absolute Gasteiger partial charge is 0.465 e. The molecule has 5 heteroatoms. The first-order chi connectivity index (χ1) is 7.51. The summed E-state index contributed by atoms with van der Waals surface area (Å²) in [7, 11) is 0. The molecule has 0 spiro atoms. The van der Waals surface area contributed by atoms with Gasteiger partial charge in [-0.3, -0.25) is 0 Å². The molecule has 4 nitrogen and oxygen atoms in total. The fourth-order valence-electron chi connectivity index (χ4n) is 1.84. The average Bonchev–Trinajstić information content (AvgIpc) is 2.21. The zero-order valence-corrected chi connectivity index (χ0v) is 9.03. The van der Waals surface area contributed by atoms with Crippen LogP contribution in [0.15, 0.2) is 23.2 Å². The van der Waals surface area contributed by atoms with E-state index >= 15 is 0 Å². The van der Waals surface area contributed by atoms with Crippen LogP contribution in [0.25, 0.3) is 0 Å². The molecule has 1 heterocycles. The minimum Gasteiger partial charge on any atom is -0.465 e. The number of benzene rings is 1. The monoisotopic (exact) mass is 223 g/mol. The number of hydrogen-bond donors (Lipinski definition) is 2. The van der Waals surface area contributed by atoms with Gasteiger partial charge in [0.15, 0.2) is 0 Å². The third-order valence-corrected chi connectivity index (χ3v) is 2.77. The molecule has 4 N–H and O–H groups in total. The third kappa shape index (κ3) is 1.80. The van der Waals surface area contributed by atoms with E-state index in [9.17, 15) is 4.39 Å². The average molecular weight is 223 g/mol. The van der Waals surface area contributed by atoms with Crippen LogP contribution in [0.2, 0.25) is 0 Å². The van der Waals surface area contributed by atoms with Crippen LogP contribution in [0.4, 0.5) is 10.1 Å². The Hall–Kier alpha value is -1.78. The maximum Gasteiger partial charge on any atom is 0.282 e. The predicted octanol–water partition coefficient (Wildman–Crippen LogP) is 1.36. The lowest BCUT2D eigenvalue weighted by molar-refractivity contribution is 0.215. The number of nitrogen functional groups attached to an aromatic ring is 1. The first kappa shape index (κ1) is 10.7. The van der Waals surface area contributed by atoms with Gasteiger partial charge in [0.05, 0.1) is 12.1 Å². The maximum absolute atomic E-state index is 13.7. The quantitative estimate of drug-likeness (QED) is 0.706. The van der Waals surface area contributed by atoms with Crippen LogP contribution in [0.5, 0.6) is 0 Å². The summed E-state index contributed by atoms with van der Waals surface area (Å²) >= 11 is 0. The van der Waals surface area contributed by atoms with Crippen molar-refractivity contribution in [2.75, 3.05) is 12.3 Å². The van der Waals surface area contributed by atoms with Crippen molar-refractivity contribution in [2.45, 2.75) is 18.9 Å². The molecule has 1 aliphatic rings. The van der Waals surface area contributed by atoms with Crippen LogP contribution in [0.3, 0.4) is 0 Å². The van der Waals surface area contributed by atoms with Crippen LogP contribution < -0.4 is 11.5 Å². The Morgan fingerprint density at radius 3 is 2.88 bits per heavy atom. The lowest BCUT2D eigenvalue weighted by atomic mass is 9.88. The smallest absolute Gasteiger partial charge is 0.282 e. The molecule has 1 atom stereocenters. The van der Waals surface area contributed by atoms with Crippen LogP contribution in [-0.2, 0) is 10.3 Å².